The van der Waals surface area contributed by atoms with Crippen molar-refractivity contribution < 1.29 is 13.2 Å². The fourth-order valence-corrected chi connectivity index (χ4v) is 2.97. The molecule has 0 unspecified atom stereocenters. The first-order valence-electron chi connectivity index (χ1n) is 6.09. The first-order valence-corrected chi connectivity index (χ1v) is 7.57. The summed E-state index contributed by atoms with van der Waals surface area (Å²) in [6.45, 7) is 5.32. The third kappa shape index (κ3) is 4.86. The summed E-state index contributed by atoms with van der Waals surface area (Å²) < 4.78 is 26.9. The highest BCUT2D eigenvalue weighted by molar-refractivity contribution is 7.89. The van der Waals surface area contributed by atoms with E-state index in [-0.39, 0.29) is 29.6 Å². The van der Waals surface area contributed by atoms with E-state index in [2.05, 4.69) is 4.72 Å². The maximum absolute atomic E-state index is 12.2. The number of ketones is 1. The second-order valence-corrected chi connectivity index (χ2v) is 6.68. The van der Waals surface area contributed by atoms with E-state index in [1.54, 1.807) is 32.9 Å². The fraction of sp³-hybridized carbons (Fsp3) is 0.462. The minimum Gasteiger partial charge on any atom is -0.329 e. The molecule has 0 aliphatic carbocycles. The lowest BCUT2D eigenvalue weighted by Crippen LogP contribution is -2.48. The van der Waals surface area contributed by atoms with Gasteiger partial charge in [-0.3, -0.25) is 4.79 Å². The monoisotopic (exact) mass is 320 g/mol. The van der Waals surface area contributed by atoms with Gasteiger partial charge in [0.15, 0.2) is 5.78 Å². The van der Waals surface area contributed by atoms with Crippen LogP contribution in [-0.2, 0) is 10.0 Å². The van der Waals surface area contributed by atoms with E-state index >= 15 is 0 Å². The molecule has 0 radical (unpaired) electrons. The Balaban J connectivity index is 0.00000361. The lowest BCUT2D eigenvalue weighted by atomic mass is 10.1. The molecule has 0 saturated carbocycles. The number of nitrogens with two attached hydrogens (primary N) is 1. The lowest BCUT2D eigenvalue weighted by molar-refractivity contribution is 0.0988. The molecule has 0 bridgehead atoms. The minimum atomic E-state index is -3.68. The van der Waals surface area contributed by atoms with E-state index in [4.69, 9.17) is 5.73 Å². The molecule has 1 rings (SSSR count). The number of hydrogen-bond acceptors (Lipinski definition) is 4. The summed E-state index contributed by atoms with van der Waals surface area (Å²) in [5.41, 5.74) is 5.18. The number of Topliss-reactive ketones (excluding diaryl/α,β-unsaturated/α-hetero) is 1. The van der Waals surface area contributed by atoms with Gasteiger partial charge in [0.2, 0.25) is 10.0 Å². The van der Waals surface area contributed by atoms with Crippen molar-refractivity contribution in [3.05, 3.63) is 29.8 Å². The Morgan fingerprint density at radius 1 is 1.35 bits per heavy atom. The molecule has 0 saturated heterocycles. The molecule has 0 aliphatic rings. The van der Waals surface area contributed by atoms with Gasteiger partial charge in [0.25, 0.3) is 0 Å². The number of carbonyl (C=O) groups is 1. The SMILES string of the molecule is CCC(=O)c1cccc(S(=O)(=O)NC(C)(C)CN)c1.Cl. The van der Waals surface area contributed by atoms with Gasteiger partial charge in [-0.25, -0.2) is 13.1 Å². The molecule has 5 nitrogen and oxygen atoms in total. The number of sulfonamides is 1. The normalized spacial score (nSPS) is 11.8. The van der Waals surface area contributed by atoms with E-state index in [0.29, 0.717) is 12.0 Å². The maximum Gasteiger partial charge on any atom is 0.241 e. The van der Waals surface area contributed by atoms with Crippen LogP contribution in [0, 0.1) is 0 Å². The predicted molar refractivity (Wildman–Crippen MR) is 81.8 cm³/mol. The zero-order valence-electron chi connectivity index (χ0n) is 11.8. The van der Waals surface area contributed by atoms with Crippen molar-refractivity contribution in [2.24, 2.45) is 5.73 Å². The van der Waals surface area contributed by atoms with E-state index in [0.717, 1.165) is 0 Å². The highest BCUT2D eigenvalue weighted by Crippen LogP contribution is 2.15. The van der Waals surface area contributed by atoms with E-state index in [1.165, 1.54) is 12.1 Å². The van der Waals surface area contributed by atoms with Gasteiger partial charge in [0.1, 0.15) is 0 Å². The van der Waals surface area contributed by atoms with Gasteiger partial charge in [-0.15, -0.1) is 12.4 Å². The molecule has 0 aliphatic heterocycles. The molecular formula is C13H21ClN2O3S. The Morgan fingerprint density at radius 3 is 2.45 bits per heavy atom. The van der Waals surface area contributed by atoms with Crippen LogP contribution in [-0.4, -0.2) is 26.3 Å². The summed E-state index contributed by atoms with van der Waals surface area (Å²) in [5.74, 6) is -0.0878. The zero-order valence-corrected chi connectivity index (χ0v) is 13.5. The third-order valence-corrected chi connectivity index (χ3v) is 4.40. The van der Waals surface area contributed by atoms with Gasteiger partial charge in [-0.1, -0.05) is 19.1 Å². The maximum atomic E-state index is 12.2. The lowest BCUT2D eigenvalue weighted by Gasteiger charge is -2.23. The van der Waals surface area contributed by atoms with Crippen LogP contribution < -0.4 is 10.5 Å². The fourth-order valence-electron chi connectivity index (χ4n) is 1.51. The highest BCUT2D eigenvalue weighted by atomic mass is 35.5. The predicted octanol–water partition coefficient (Wildman–Crippen LogP) is 1.72. The molecule has 0 aromatic heterocycles. The molecule has 0 atom stereocenters. The van der Waals surface area contributed by atoms with Gasteiger partial charge in [-0.05, 0) is 26.0 Å². The number of carbonyl (C=O) groups excluding carboxylic acids is 1. The largest absolute Gasteiger partial charge is 0.329 e. The molecule has 0 amide bonds. The van der Waals surface area contributed by atoms with Crippen molar-refractivity contribution in [2.45, 2.75) is 37.6 Å². The molecule has 0 fully saturated rings. The first kappa shape index (κ1) is 19.1. The van der Waals surface area contributed by atoms with Crippen LogP contribution in [0.1, 0.15) is 37.6 Å². The van der Waals surface area contributed by atoms with E-state index in [1.807, 2.05) is 0 Å². The summed E-state index contributed by atoms with van der Waals surface area (Å²) in [6, 6.07) is 6.02. The van der Waals surface area contributed by atoms with Gasteiger partial charge in [0, 0.05) is 24.1 Å². The van der Waals surface area contributed by atoms with Crippen LogP contribution in [0.5, 0.6) is 0 Å². The van der Waals surface area contributed by atoms with Gasteiger partial charge in [0.05, 0.1) is 4.90 Å². The molecular weight excluding hydrogens is 300 g/mol. The molecule has 114 valence electrons. The van der Waals surface area contributed by atoms with Gasteiger partial charge in [-0.2, -0.15) is 0 Å². The average molecular weight is 321 g/mol. The van der Waals surface area contributed by atoms with Gasteiger partial charge < -0.3 is 5.73 Å². The summed E-state index contributed by atoms with van der Waals surface area (Å²) in [4.78, 5) is 11.7. The van der Waals surface area contributed by atoms with Crippen LogP contribution in [0.4, 0.5) is 0 Å². The number of nitrogens with one attached hydrogen (secondary N) is 1. The Kier molecular flexibility index (Phi) is 6.83. The first-order chi connectivity index (χ1) is 8.72. The Morgan fingerprint density at radius 2 is 1.95 bits per heavy atom. The van der Waals surface area contributed by atoms with Crippen molar-refractivity contribution in [1.29, 1.82) is 0 Å². The molecule has 1 aromatic rings. The Hall–Kier alpha value is -0.950. The second-order valence-electron chi connectivity index (χ2n) is 5.00. The number of hydrogen-bond donors (Lipinski definition) is 2. The van der Waals surface area contributed by atoms with Crippen LogP contribution in [0.3, 0.4) is 0 Å². The smallest absolute Gasteiger partial charge is 0.241 e. The van der Waals surface area contributed by atoms with E-state index < -0.39 is 15.6 Å². The topological polar surface area (TPSA) is 89.3 Å². The average Bonchev–Trinajstić information content (AvgIpc) is 2.37. The van der Waals surface area contributed by atoms with E-state index in [9.17, 15) is 13.2 Å². The summed E-state index contributed by atoms with van der Waals surface area (Å²) in [5, 5.41) is 0. The van der Waals surface area contributed by atoms with Crippen LogP contribution in [0.15, 0.2) is 29.2 Å². The molecule has 20 heavy (non-hydrogen) atoms. The zero-order chi connectivity index (χ0) is 14.7. The molecule has 0 heterocycles. The third-order valence-electron chi connectivity index (χ3n) is 2.71. The van der Waals surface area contributed by atoms with Crippen LogP contribution in [0.2, 0.25) is 0 Å². The van der Waals surface area contributed by atoms with Crippen LogP contribution >= 0.6 is 12.4 Å². The van der Waals surface area contributed by atoms with Gasteiger partial charge >= 0.3 is 0 Å². The summed E-state index contributed by atoms with van der Waals surface area (Å²) in [6.07, 6.45) is 0.339. The molecule has 0 spiro atoms. The number of rotatable bonds is 6. The molecule has 3 N–H and O–H groups in total. The standard InChI is InChI=1S/C13H20N2O3S.ClH/c1-4-12(16)10-6-5-7-11(8-10)19(17,18)15-13(2,3)9-14;/h5-8,15H,4,9,14H2,1-3H3;1H. The minimum absolute atomic E-state index is 0. The molecule has 1 aromatic carbocycles. The Bertz CT molecular complexity index is 571. The van der Waals surface area contributed by atoms with Crippen molar-refractivity contribution in [2.75, 3.05) is 6.54 Å². The second kappa shape index (κ2) is 7.17. The number of benzene rings is 1. The molecule has 7 heteroatoms. The highest BCUT2D eigenvalue weighted by Gasteiger charge is 2.25. The summed E-state index contributed by atoms with van der Waals surface area (Å²) in [7, 11) is -3.68. The van der Waals surface area contributed by atoms with Crippen LogP contribution in [0.25, 0.3) is 0 Å². The van der Waals surface area contributed by atoms with Crippen molar-refractivity contribution in [3.8, 4) is 0 Å². The van der Waals surface area contributed by atoms with Crippen molar-refractivity contribution in [1.82, 2.24) is 4.72 Å². The Labute approximate surface area is 126 Å². The van der Waals surface area contributed by atoms with Crippen molar-refractivity contribution >= 4 is 28.2 Å². The quantitative estimate of drug-likeness (QED) is 0.781. The number of halogens is 1. The van der Waals surface area contributed by atoms with Crippen molar-refractivity contribution in [3.63, 3.8) is 0 Å². The summed E-state index contributed by atoms with van der Waals surface area (Å²) >= 11 is 0.